The zero-order chi connectivity index (χ0) is 10.2. The van der Waals surface area contributed by atoms with E-state index in [0.29, 0.717) is 13.0 Å². The smallest absolute Gasteiger partial charge is 0.127 e. The van der Waals surface area contributed by atoms with Crippen LogP contribution in [0.4, 0.5) is 15.8 Å². The first-order valence-corrected chi connectivity index (χ1v) is 4.87. The maximum atomic E-state index is 13.6. The van der Waals surface area contributed by atoms with Gasteiger partial charge < -0.3 is 10.6 Å². The summed E-state index contributed by atoms with van der Waals surface area (Å²) in [4.78, 5) is 2.01. The van der Waals surface area contributed by atoms with Crippen LogP contribution in [0.25, 0.3) is 0 Å². The summed E-state index contributed by atoms with van der Waals surface area (Å²) in [5.41, 5.74) is 6.44. The van der Waals surface area contributed by atoms with Crippen molar-refractivity contribution >= 4 is 11.4 Å². The van der Waals surface area contributed by atoms with E-state index in [2.05, 4.69) is 0 Å². The molecule has 1 aliphatic heterocycles. The van der Waals surface area contributed by atoms with Crippen molar-refractivity contribution in [2.75, 3.05) is 23.7 Å². The van der Waals surface area contributed by atoms with Crippen LogP contribution < -0.4 is 10.6 Å². The maximum Gasteiger partial charge on any atom is 0.127 e. The zero-order valence-electron chi connectivity index (χ0n) is 8.33. The van der Waals surface area contributed by atoms with Gasteiger partial charge in [-0.3, -0.25) is 0 Å². The fourth-order valence-electron chi connectivity index (χ4n) is 1.91. The first-order valence-electron chi connectivity index (χ1n) is 4.87. The Labute approximate surface area is 83.5 Å². The van der Waals surface area contributed by atoms with Gasteiger partial charge in [0.05, 0.1) is 17.9 Å². The molecule has 1 unspecified atom stereocenters. The molecule has 1 aromatic rings. The van der Waals surface area contributed by atoms with Crippen molar-refractivity contribution in [3.8, 4) is 0 Å². The number of anilines is 2. The molecule has 1 heterocycles. The Balaban J connectivity index is 2.22. The highest BCUT2D eigenvalue weighted by Gasteiger charge is 2.33. The van der Waals surface area contributed by atoms with E-state index in [4.69, 9.17) is 5.73 Å². The molecule has 0 aliphatic carbocycles. The van der Waals surface area contributed by atoms with Crippen molar-refractivity contribution < 1.29 is 4.39 Å². The normalized spacial score (nSPS) is 26.9. The molecule has 3 heteroatoms. The summed E-state index contributed by atoms with van der Waals surface area (Å²) in [7, 11) is 0. The predicted molar refractivity (Wildman–Crippen MR) is 57.2 cm³/mol. The van der Waals surface area contributed by atoms with Crippen LogP contribution in [0.3, 0.4) is 0 Å². The summed E-state index contributed by atoms with van der Waals surface area (Å²) >= 11 is 0. The number of nitrogens with zero attached hydrogens (tertiary/aromatic N) is 1. The van der Waals surface area contributed by atoms with E-state index in [1.165, 1.54) is 0 Å². The number of rotatable bonds is 1. The predicted octanol–water partition coefficient (Wildman–Crippen LogP) is 2.21. The molecular weight excluding hydrogens is 179 g/mol. The van der Waals surface area contributed by atoms with Crippen molar-refractivity contribution in [1.82, 2.24) is 0 Å². The summed E-state index contributed by atoms with van der Waals surface area (Å²) in [5.74, 6) is 0. The third-order valence-electron chi connectivity index (χ3n) is 2.70. The number of hydrogen-bond acceptors (Lipinski definition) is 2. The molecule has 0 saturated carbocycles. The molecule has 1 atom stereocenters. The third kappa shape index (κ3) is 1.67. The van der Waals surface area contributed by atoms with Gasteiger partial charge in [-0.25, -0.2) is 4.39 Å². The summed E-state index contributed by atoms with van der Waals surface area (Å²) in [6, 6.07) is 7.61. The summed E-state index contributed by atoms with van der Waals surface area (Å²) in [6.07, 6.45) is 0.585. The number of para-hydroxylation sites is 2. The molecule has 0 aromatic heterocycles. The zero-order valence-corrected chi connectivity index (χ0v) is 8.33. The number of alkyl halides is 1. The molecular formula is C11H15FN2. The average molecular weight is 194 g/mol. The molecule has 2 N–H and O–H groups in total. The van der Waals surface area contributed by atoms with Crippen LogP contribution in [0.2, 0.25) is 0 Å². The van der Waals surface area contributed by atoms with Crippen LogP contribution in [-0.4, -0.2) is 18.8 Å². The van der Waals surface area contributed by atoms with Crippen molar-refractivity contribution in [2.24, 2.45) is 0 Å². The minimum Gasteiger partial charge on any atom is -0.397 e. The molecule has 0 bridgehead atoms. The summed E-state index contributed by atoms with van der Waals surface area (Å²) in [6.45, 7) is 2.84. The molecule has 14 heavy (non-hydrogen) atoms. The SMILES string of the molecule is CC1(F)CCN(c2ccccc2N)C1. The second kappa shape index (κ2) is 3.15. The Morgan fingerprint density at radius 1 is 1.43 bits per heavy atom. The van der Waals surface area contributed by atoms with Crippen LogP contribution >= 0.6 is 0 Å². The fourth-order valence-corrected chi connectivity index (χ4v) is 1.91. The largest absolute Gasteiger partial charge is 0.397 e. The lowest BCUT2D eigenvalue weighted by molar-refractivity contribution is 0.221. The van der Waals surface area contributed by atoms with E-state index in [1.54, 1.807) is 6.92 Å². The molecule has 1 saturated heterocycles. The maximum absolute atomic E-state index is 13.6. The Morgan fingerprint density at radius 3 is 2.71 bits per heavy atom. The summed E-state index contributed by atoms with van der Waals surface area (Å²) < 4.78 is 13.6. The Bertz CT molecular complexity index is 336. The first kappa shape index (κ1) is 9.31. The van der Waals surface area contributed by atoms with Crippen LogP contribution in [0.5, 0.6) is 0 Å². The summed E-state index contributed by atoms with van der Waals surface area (Å²) in [5, 5.41) is 0. The van der Waals surface area contributed by atoms with E-state index in [9.17, 15) is 4.39 Å². The molecule has 0 spiro atoms. The van der Waals surface area contributed by atoms with Gasteiger partial charge >= 0.3 is 0 Å². The Hall–Kier alpha value is -1.25. The molecule has 1 aliphatic rings. The monoisotopic (exact) mass is 194 g/mol. The third-order valence-corrected chi connectivity index (χ3v) is 2.70. The van der Waals surface area contributed by atoms with Gasteiger partial charge in [0.2, 0.25) is 0 Å². The van der Waals surface area contributed by atoms with E-state index in [0.717, 1.165) is 17.9 Å². The van der Waals surface area contributed by atoms with Gasteiger partial charge in [-0.1, -0.05) is 12.1 Å². The van der Waals surface area contributed by atoms with Gasteiger partial charge in [-0.05, 0) is 19.1 Å². The number of nitrogens with two attached hydrogens (primary N) is 1. The lowest BCUT2D eigenvalue weighted by Crippen LogP contribution is -2.26. The van der Waals surface area contributed by atoms with Gasteiger partial charge in [0.15, 0.2) is 0 Å². The molecule has 2 nitrogen and oxygen atoms in total. The van der Waals surface area contributed by atoms with Gasteiger partial charge in [0.1, 0.15) is 5.67 Å². The second-order valence-electron chi connectivity index (χ2n) is 4.14. The molecule has 2 rings (SSSR count). The van der Waals surface area contributed by atoms with E-state index < -0.39 is 5.67 Å². The molecule has 1 fully saturated rings. The average Bonchev–Trinajstić information content (AvgIpc) is 2.47. The number of benzene rings is 1. The van der Waals surface area contributed by atoms with E-state index in [-0.39, 0.29) is 0 Å². The standard InChI is InChI=1S/C11H15FN2/c1-11(12)6-7-14(8-11)10-5-3-2-4-9(10)13/h2-5H,6-8,13H2,1H3. The number of hydrogen-bond donors (Lipinski definition) is 1. The lowest BCUT2D eigenvalue weighted by Gasteiger charge is -2.21. The quantitative estimate of drug-likeness (QED) is 0.694. The highest BCUT2D eigenvalue weighted by Crippen LogP contribution is 2.32. The van der Waals surface area contributed by atoms with Crippen molar-refractivity contribution in [3.63, 3.8) is 0 Å². The van der Waals surface area contributed by atoms with Gasteiger partial charge in [0.25, 0.3) is 0 Å². The topological polar surface area (TPSA) is 29.3 Å². The van der Waals surface area contributed by atoms with Gasteiger partial charge in [0, 0.05) is 13.0 Å². The Morgan fingerprint density at radius 2 is 2.14 bits per heavy atom. The highest BCUT2D eigenvalue weighted by atomic mass is 19.1. The first-order chi connectivity index (χ1) is 6.58. The number of nitrogen functional groups attached to an aromatic ring is 1. The van der Waals surface area contributed by atoms with Crippen LogP contribution in [0.1, 0.15) is 13.3 Å². The molecule has 0 radical (unpaired) electrons. The van der Waals surface area contributed by atoms with E-state index >= 15 is 0 Å². The van der Waals surface area contributed by atoms with Crippen molar-refractivity contribution in [3.05, 3.63) is 24.3 Å². The van der Waals surface area contributed by atoms with Crippen LogP contribution in [-0.2, 0) is 0 Å². The van der Waals surface area contributed by atoms with Crippen LogP contribution in [0, 0.1) is 0 Å². The van der Waals surface area contributed by atoms with Crippen LogP contribution in [0.15, 0.2) is 24.3 Å². The van der Waals surface area contributed by atoms with Crippen molar-refractivity contribution in [2.45, 2.75) is 19.0 Å². The molecule has 0 amide bonds. The van der Waals surface area contributed by atoms with Gasteiger partial charge in [-0.15, -0.1) is 0 Å². The minimum absolute atomic E-state index is 0.446. The lowest BCUT2D eigenvalue weighted by atomic mass is 10.1. The molecule has 76 valence electrons. The van der Waals surface area contributed by atoms with Gasteiger partial charge in [-0.2, -0.15) is 0 Å². The second-order valence-corrected chi connectivity index (χ2v) is 4.14. The highest BCUT2D eigenvalue weighted by molar-refractivity contribution is 5.67. The minimum atomic E-state index is -1.07. The molecule has 1 aromatic carbocycles. The Kier molecular flexibility index (Phi) is 2.10. The fraction of sp³-hybridized carbons (Fsp3) is 0.455. The number of halogens is 1. The van der Waals surface area contributed by atoms with Crippen molar-refractivity contribution in [1.29, 1.82) is 0 Å². The van der Waals surface area contributed by atoms with E-state index in [1.807, 2.05) is 29.2 Å².